The maximum absolute atomic E-state index is 11.8. The molecule has 96 valence electrons. The van der Waals surface area contributed by atoms with Crippen molar-refractivity contribution in [2.45, 2.75) is 26.4 Å². The summed E-state index contributed by atoms with van der Waals surface area (Å²) in [6.45, 7) is 9.13. The fourth-order valence-electron chi connectivity index (χ4n) is 1.26. The Bertz CT molecular complexity index is 481. The van der Waals surface area contributed by atoms with Crippen LogP contribution in [0.15, 0.2) is 30.8 Å². The first kappa shape index (κ1) is 14.9. The molecule has 0 aromatic heterocycles. The molecule has 0 aliphatic heterocycles. The molecule has 0 aliphatic carbocycles. The quantitative estimate of drug-likeness (QED) is 0.359. The molecule has 0 aliphatic rings. The van der Waals surface area contributed by atoms with Crippen LogP contribution < -0.4 is 0 Å². The number of halogens is 1. The lowest BCUT2D eigenvalue weighted by Crippen LogP contribution is -2.24. The van der Waals surface area contributed by atoms with E-state index < -0.39 is 11.6 Å². The van der Waals surface area contributed by atoms with Gasteiger partial charge in [0.25, 0.3) is 0 Å². The van der Waals surface area contributed by atoms with Gasteiger partial charge in [-0.05, 0) is 38.5 Å². The highest BCUT2D eigenvalue weighted by molar-refractivity contribution is 14.1. The Morgan fingerprint density at radius 2 is 1.56 bits per heavy atom. The number of carbonyl (C=O) groups is 2. The Hall–Kier alpha value is -1.17. The zero-order chi connectivity index (χ0) is 13.9. The Balaban J connectivity index is 2.85. The van der Waals surface area contributed by atoms with E-state index in [4.69, 9.17) is 4.74 Å². The summed E-state index contributed by atoms with van der Waals surface area (Å²) in [5.74, 6) is -0.448. The van der Waals surface area contributed by atoms with Crippen molar-refractivity contribution in [1.29, 1.82) is 0 Å². The summed E-state index contributed by atoms with van der Waals surface area (Å²) >= 11 is 1.72. The highest BCUT2D eigenvalue weighted by Gasteiger charge is 2.19. The third-order valence-electron chi connectivity index (χ3n) is 2.11. The van der Waals surface area contributed by atoms with Crippen molar-refractivity contribution in [3.05, 3.63) is 42.0 Å². The SMILES string of the molecule is C=C(C(=O)OC(C)(C)C)c1ccc(C(=O)I)cc1. The molecule has 0 bridgehead atoms. The molecule has 1 rings (SSSR count). The second kappa shape index (κ2) is 5.65. The van der Waals surface area contributed by atoms with E-state index in [0.29, 0.717) is 11.1 Å². The first-order chi connectivity index (χ1) is 8.20. The molecule has 0 fully saturated rings. The Morgan fingerprint density at radius 1 is 1.11 bits per heavy atom. The third-order valence-corrected chi connectivity index (χ3v) is 2.73. The van der Waals surface area contributed by atoms with E-state index in [1.807, 2.05) is 0 Å². The molecule has 0 heterocycles. The van der Waals surface area contributed by atoms with E-state index >= 15 is 0 Å². The molecule has 1 aromatic carbocycles. The van der Waals surface area contributed by atoms with Gasteiger partial charge in [0.05, 0.1) is 5.57 Å². The van der Waals surface area contributed by atoms with Crippen molar-refractivity contribution in [2.75, 3.05) is 0 Å². The van der Waals surface area contributed by atoms with Crippen LogP contribution in [-0.4, -0.2) is 15.4 Å². The van der Waals surface area contributed by atoms with Gasteiger partial charge in [-0.3, -0.25) is 4.79 Å². The van der Waals surface area contributed by atoms with Gasteiger partial charge in [0.15, 0.2) is 0 Å². The molecule has 0 spiro atoms. The summed E-state index contributed by atoms with van der Waals surface area (Å²) in [4.78, 5) is 22.9. The molecular formula is C14H15IO3. The van der Waals surface area contributed by atoms with Gasteiger partial charge in [-0.1, -0.05) is 18.7 Å². The molecule has 4 heteroatoms. The number of rotatable bonds is 3. The molecule has 0 atom stereocenters. The fraction of sp³-hybridized carbons (Fsp3) is 0.286. The largest absolute Gasteiger partial charge is 0.456 e. The molecule has 0 N–H and O–H groups in total. The Kier molecular flexibility index (Phi) is 4.67. The van der Waals surface area contributed by atoms with Crippen LogP contribution in [-0.2, 0) is 9.53 Å². The van der Waals surface area contributed by atoms with Gasteiger partial charge in [0, 0.05) is 28.2 Å². The highest BCUT2D eigenvalue weighted by Crippen LogP contribution is 2.19. The van der Waals surface area contributed by atoms with Crippen LogP contribution in [0, 0.1) is 0 Å². The molecule has 0 unspecified atom stereocenters. The van der Waals surface area contributed by atoms with Crippen molar-refractivity contribution in [1.82, 2.24) is 0 Å². The van der Waals surface area contributed by atoms with E-state index in [-0.39, 0.29) is 9.36 Å². The predicted molar refractivity (Wildman–Crippen MR) is 79.7 cm³/mol. The highest BCUT2D eigenvalue weighted by atomic mass is 127. The minimum atomic E-state index is -0.544. The monoisotopic (exact) mass is 358 g/mol. The van der Waals surface area contributed by atoms with E-state index in [9.17, 15) is 9.59 Å². The Morgan fingerprint density at radius 3 is 1.94 bits per heavy atom. The number of hydrogen-bond acceptors (Lipinski definition) is 3. The van der Waals surface area contributed by atoms with Crippen molar-refractivity contribution in [3.63, 3.8) is 0 Å². The predicted octanol–water partition coefficient (Wildman–Crippen LogP) is 3.62. The minimum absolute atomic E-state index is 0.0398. The zero-order valence-electron chi connectivity index (χ0n) is 10.6. The summed E-state index contributed by atoms with van der Waals surface area (Å²) in [6, 6.07) is 6.72. The molecule has 0 amide bonds. The Labute approximate surface area is 120 Å². The first-order valence-corrected chi connectivity index (χ1v) is 6.51. The minimum Gasteiger partial charge on any atom is -0.456 e. The van der Waals surface area contributed by atoms with Crippen LogP contribution in [0.4, 0.5) is 0 Å². The van der Waals surface area contributed by atoms with Crippen molar-refractivity contribution >= 4 is 37.9 Å². The first-order valence-electron chi connectivity index (χ1n) is 5.43. The maximum atomic E-state index is 11.8. The lowest BCUT2D eigenvalue weighted by Gasteiger charge is -2.20. The lowest BCUT2D eigenvalue weighted by molar-refractivity contribution is -0.147. The summed E-state index contributed by atoms with van der Waals surface area (Å²) < 4.78 is 5.18. The van der Waals surface area contributed by atoms with Crippen LogP contribution >= 0.6 is 22.6 Å². The van der Waals surface area contributed by atoms with E-state index in [1.54, 1.807) is 67.6 Å². The van der Waals surface area contributed by atoms with Gasteiger partial charge in [-0.2, -0.15) is 0 Å². The number of esters is 1. The lowest BCUT2D eigenvalue weighted by atomic mass is 10.1. The van der Waals surface area contributed by atoms with Gasteiger partial charge in [-0.15, -0.1) is 0 Å². The number of carbonyl (C=O) groups excluding carboxylic acids is 2. The van der Waals surface area contributed by atoms with Crippen LogP contribution in [0.3, 0.4) is 0 Å². The third kappa shape index (κ3) is 4.25. The summed E-state index contributed by atoms with van der Waals surface area (Å²) in [6.07, 6.45) is 0. The van der Waals surface area contributed by atoms with Crippen LogP contribution in [0.5, 0.6) is 0 Å². The summed E-state index contributed by atoms with van der Waals surface area (Å²) in [5, 5.41) is 0. The van der Waals surface area contributed by atoms with Gasteiger partial charge in [-0.25, -0.2) is 4.79 Å². The van der Waals surface area contributed by atoms with Crippen LogP contribution in [0.1, 0.15) is 36.7 Å². The number of ether oxygens (including phenoxy) is 1. The average Bonchev–Trinajstić information content (AvgIpc) is 2.26. The molecule has 1 aromatic rings. The fourth-order valence-corrected chi connectivity index (χ4v) is 1.62. The molecule has 0 radical (unpaired) electrons. The average molecular weight is 358 g/mol. The molecule has 18 heavy (non-hydrogen) atoms. The van der Waals surface area contributed by atoms with Gasteiger partial charge < -0.3 is 4.74 Å². The topological polar surface area (TPSA) is 43.4 Å². The molecule has 3 nitrogen and oxygen atoms in total. The summed E-state index contributed by atoms with van der Waals surface area (Å²) in [5.41, 5.74) is 0.998. The van der Waals surface area contributed by atoms with E-state index in [2.05, 4.69) is 6.58 Å². The number of benzene rings is 1. The number of hydrogen-bond donors (Lipinski definition) is 0. The standard InChI is InChI=1S/C14H15IO3/c1-9(13(17)18-14(2,3)4)10-5-7-11(8-6-10)12(15)16/h5-8H,1H2,2-4H3. The van der Waals surface area contributed by atoms with Gasteiger partial charge in [0.1, 0.15) is 5.60 Å². The second-order valence-electron chi connectivity index (χ2n) is 4.83. The van der Waals surface area contributed by atoms with E-state index in [0.717, 1.165) is 0 Å². The van der Waals surface area contributed by atoms with Crippen molar-refractivity contribution in [2.24, 2.45) is 0 Å². The van der Waals surface area contributed by atoms with Crippen molar-refractivity contribution in [3.8, 4) is 0 Å². The normalized spacial score (nSPS) is 10.9. The van der Waals surface area contributed by atoms with Gasteiger partial charge >= 0.3 is 5.97 Å². The molecule has 0 saturated heterocycles. The smallest absolute Gasteiger partial charge is 0.338 e. The molecule has 0 saturated carbocycles. The molecular weight excluding hydrogens is 343 g/mol. The zero-order valence-corrected chi connectivity index (χ0v) is 12.8. The maximum Gasteiger partial charge on any atom is 0.338 e. The van der Waals surface area contributed by atoms with E-state index in [1.165, 1.54) is 0 Å². The van der Waals surface area contributed by atoms with Crippen molar-refractivity contribution < 1.29 is 14.3 Å². The van der Waals surface area contributed by atoms with Crippen LogP contribution in [0.2, 0.25) is 0 Å². The van der Waals surface area contributed by atoms with Gasteiger partial charge in [0.2, 0.25) is 3.79 Å². The second-order valence-corrected chi connectivity index (χ2v) is 5.81. The summed E-state index contributed by atoms with van der Waals surface area (Å²) in [7, 11) is 0. The van der Waals surface area contributed by atoms with Crippen LogP contribution in [0.25, 0.3) is 5.57 Å².